The van der Waals surface area contributed by atoms with Crippen LogP contribution in [0.5, 0.6) is 5.75 Å². The Morgan fingerprint density at radius 1 is 1.55 bits per heavy atom. The van der Waals surface area contributed by atoms with Crippen molar-refractivity contribution in [3.05, 3.63) is 33.9 Å². The maximum atomic E-state index is 12.0. The Kier molecular flexibility index (Phi) is 4.19. The van der Waals surface area contributed by atoms with Crippen molar-refractivity contribution in [2.24, 2.45) is 0 Å². The first-order chi connectivity index (χ1) is 9.51. The van der Waals surface area contributed by atoms with Crippen LogP contribution in [-0.2, 0) is 4.74 Å². The first kappa shape index (κ1) is 14.3. The zero-order chi connectivity index (χ0) is 14.7. The SMILES string of the molecule is CCOC1CC(NC(=O)c2cc(O)ccc2[N+](=O)[O-])C1. The van der Waals surface area contributed by atoms with Gasteiger partial charge >= 0.3 is 0 Å². The Balaban J connectivity index is 2.03. The minimum Gasteiger partial charge on any atom is -0.508 e. The highest BCUT2D eigenvalue weighted by atomic mass is 16.6. The molecule has 0 heterocycles. The number of phenolic OH excluding ortho intramolecular Hbond substituents is 1. The Morgan fingerprint density at radius 2 is 2.25 bits per heavy atom. The number of carbonyl (C=O) groups excluding carboxylic acids is 1. The van der Waals surface area contributed by atoms with Crippen LogP contribution in [0.15, 0.2) is 18.2 Å². The number of nitro groups is 1. The molecule has 0 atom stereocenters. The average Bonchev–Trinajstić information content (AvgIpc) is 2.35. The van der Waals surface area contributed by atoms with E-state index < -0.39 is 10.8 Å². The van der Waals surface area contributed by atoms with Crippen LogP contribution in [0.4, 0.5) is 5.69 Å². The van der Waals surface area contributed by atoms with Gasteiger partial charge in [0.15, 0.2) is 0 Å². The molecule has 20 heavy (non-hydrogen) atoms. The van der Waals surface area contributed by atoms with Gasteiger partial charge in [0.25, 0.3) is 11.6 Å². The van der Waals surface area contributed by atoms with Crippen LogP contribution in [0.1, 0.15) is 30.1 Å². The van der Waals surface area contributed by atoms with Crippen LogP contribution in [0, 0.1) is 10.1 Å². The molecule has 1 aromatic carbocycles. The number of rotatable bonds is 5. The molecular weight excluding hydrogens is 264 g/mol. The summed E-state index contributed by atoms with van der Waals surface area (Å²) >= 11 is 0. The molecule has 0 bridgehead atoms. The van der Waals surface area contributed by atoms with E-state index in [1.54, 1.807) is 0 Å². The molecule has 2 rings (SSSR count). The second-order valence-electron chi connectivity index (χ2n) is 4.68. The van der Waals surface area contributed by atoms with Crippen molar-refractivity contribution in [1.29, 1.82) is 0 Å². The largest absolute Gasteiger partial charge is 0.508 e. The number of nitrogens with one attached hydrogen (secondary N) is 1. The highest BCUT2D eigenvalue weighted by molar-refractivity contribution is 5.98. The van der Waals surface area contributed by atoms with E-state index in [4.69, 9.17) is 4.74 Å². The third kappa shape index (κ3) is 3.05. The lowest BCUT2D eigenvalue weighted by molar-refractivity contribution is -0.385. The Bertz CT molecular complexity index is 525. The zero-order valence-electron chi connectivity index (χ0n) is 11.0. The Morgan fingerprint density at radius 3 is 2.85 bits per heavy atom. The summed E-state index contributed by atoms with van der Waals surface area (Å²) in [6.07, 6.45) is 1.54. The third-order valence-corrected chi connectivity index (χ3v) is 3.25. The quantitative estimate of drug-likeness (QED) is 0.630. The van der Waals surface area contributed by atoms with Crippen LogP contribution >= 0.6 is 0 Å². The molecule has 0 saturated heterocycles. The molecule has 1 fully saturated rings. The highest BCUT2D eigenvalue weighted by Gasteiger charge is 2.32. The third-order valence-electron chi connectivity index (χ3n) is 3.25. The molecule has 1 amide bonds. The zero-order valence-corrected chi connectivity index (χ0v) is 11.0. The molecule has 7 heteroatoms. The molecule has 2 N–H and O–H groups in total. The highest BCUT2D eigenvalue weighted by Crippen LogP contribution is 2.26. The van der Waals surface area contributed by atoms with E-state index in [1.807, 2.05) is 6.92 Å². The second kappa shape index (κ2) is 5.87. The Labute approximate surface area is 115 Å². The lowest BCUT2D eigenvalue weighted by atomic mass is 9.89. The lowest BCUT2D eigenvalue weighted by Gasteiger charge is -2.35. The molecule has 0 unspecified atom stereocenters. The van der Waals surface area contributed by atoms with Gasteiger partial charge in [-0.1, -0.05) is 0 Å². The van der Waals surface area contributed by atoms with Gasteiger partial charge in [-0.25, -0.2) is 0 Å². The van der Waals surface area contributed by atoms with E-state index in [-0.39, 0.29) is 29.1 Å². The fourth-order valence-corrected chi connectivity index (χ4v) is 2.18. The first-order valence-electron chi connectivity index (χ1n) is 6.41. The smallest absolute Gasteiger partial charge is 0.282 e. The number of carbonyl (C=O) groups is 1. The number of hydrogen-bond acceptors (Lipinski definition) is 5. The fourth-order valence-electron chi connectivity index (χ4n) is 2.18. The summed E-state index contributed by atoms with van der Waals surface area (Å²) in [7, 11) is 0. The van der Waals surface area contributed by atoms with Gasteiger partial charge < -0.3 is 15.2 Å². The molecule has 0 aromatic heterocycles. The minimum atomic E-state index is -0.641. The predicted octanol–water partition coefficient (Wildman–Crippen LogP) is 1.60. The van der Waals surface area contributed by atoms with E-state index in [1.165, 1.54) is 6.07 Å². The van der Waals surface area contributed by atoms with Crippen LogP contribution < -0.4 is 5.32 Å². The number of benzene rings is 1. The van der Waals surface area contributed by atoms with Crippen molar-refractivity contribution in [2.75, 3.05) is 6.61 Å². The molecule has 0 radical (unpaired) electrons. The van der Waals surface area contributed by atoms with Gasteiger partial charge in [-0.05, 0) is 31.9 Å². The van der Waals surface area contributed by atoms with Gasteiger partial charge in [-0.15, -0.1) is 0 Å². The van der Waals surface area contributed by atoms with E-state index in [9.17, 15) is 20.0 Å². The van der Waals surface area contributed by atoms with E-state index in [2.05, 4.69) is 5.32 Å². The van der Waals surface area contributed by atoms with Crippen LogP contribution in [0.25, 0.3) is 0 Å². The van der Waals surface area contributed by atoms with Gasteiger partial charge in [-0.3, -0.25) is 14.9 Å². The maximum Gasteiger partial charge on any atom is 0.282 e. The van der Waals surface area contributed by atoms with Crippen molar-refractivity contribution in [1.82, 2.24) is 5.32 Å². The van der Waals surface area contributed by atoms with Gasteiger partial charge in [-0.2, -0.15) is 0 Å². The predicted molar refractivity (Wildman–Crippen MR) is 70.7 cm³/mol. The summed E-state index contributed by atoms with van der Waals surface area (Å²) in [4.78, 5) is 22.2. The lowest BCUT2D eigenvalue weighted by Crippen LogP contribution is -2.47. The van der Waals surface area contributed by atoms with Crippen LogP contribution in [-0.4, -0.2) is 34.7 Å². The van der Waals surface area contributed by atoms with E-state index in [0.29, 0.717) is 19.4 Å². The maximum absolute atomic E-state index is 12.0. The monoisotopic (exact) mass is 280 g/mol. The van der Waals surface area contributed by atoms with Crippen molar-refractivity contribution in [2.45, 2.75) is 31.9 Å². The van der Waals surface area contributed by atoms with Crippen molar-refractivity contribution in [3.63, 3.8) is 0 Å². The van der Waals surface area contributed by atoms with Crippen molar-refractivity contribution in [3.8, 4) is 5.75 Å². The average molecular weight is 280 g/mol. The second-order valence-corrected chi connectivity index (χ2v) is 4.68. The summed E-state index contributed by atoms with van der Waals surface area (Å²) < 4.78 is 5.38. The van der Waals surface area contributed by atoms with Crippen molar-refractivity contribution < 1.29 is 19.6 Å². The number of amides is 1. The fraction of sp³-hybridized carbons (Fsp3) is 0.462. The topological polar surface area (TPSA) is 102 Å². The van der Waals surface area contributed by atoms with Gasteiger partial charge in [0.05, 0.1) is 11.0 Å². The summed E-state index contributed by atoms with van der Waals surface area (Å²) in [6.45, 7) is 2.53. The molecular formula is C13H16N2O5. The standard InChI is InChI=1S/C13H16N2O5/c1-2-20-10-5-8(6-10)14-13(17)11-7-9(16)3-4-12(11)15(18)19/h3-4,7-8,10,16H,2,5-6H2,1H3,(H,14,17). The Hall–Kier alpha value is -2.15. The summed E-state index contributed by atoms with van der Waals surface area (Å²) in [5, 5.41) is 22.9. The minimum absolute atomic E-state index is 0.0407. The molecule has 1 aliphatic rings. The number of aromatic hydroxyl groups is 1. The van der Waals surface area contributed by atoms with Gasteiger partial charge in [0.2, 0.25) is 0 Å². The number of ether oxygens (including phenoxy) is 1. The number of nitrogens with zero attached hydrogens (tertiary/aromatic N) is 1. The van der Waals surface area contributed by atoms with Crippen LogP contribution in [0.2, 0.25) is 0 Å². The normalized spacial score (nSPS) is 21.1. The number of phenols is 1. The summed E-state index contributed by atoms with van der Waals surface area (Å²) in [6, 6.07) is 3.37. The van der Waals surface area contributed by atoms with E-state index >= 15 is 0 Å². The molecule has 1 aliphatic carbocycles. The number of hydrogen-bond donors (Lipinski definition) is 2. The van der Waals surface area contributed by atoms with Crippen LogP contribution in [0.3, 0.4) is 0 Å². The molecule has 0 aliphatic heterocycles. The molecule has 0 spiro atoms. The first-order valence-corrected chi connectivity index (χ1v) is 6.41. The molecule has 1 saturated carbocycles. The molecule has 108 valence electrons. The molecule has 7 nitrogen and oxygen atoms in total. The number of nitro benzene ring substituents is 1. The molecule has 1 aromatic rings. The van der Waals surface area contributed by atoms with Gasteiger partial charge in [0, 0.05) is 18.7 Å². The summed E-state index contributed by atoms with van der Waals surface area (Å²) in [5.41, 5.74) is -0.448. The van der Waals surface area contributed by atoms with E-state index in [0.717, 1.165) is 12.1 Å². The summed E-state index contributed by atoms with van der Waals surface area (Å²) in [5.74, 6) is -0.728. The van der Waals surface area contributed by atoms with Crippen molar-refractivity contribution >= 4 is 11.6 Å². The van der Waals surface area contributed by atoms with Gasteiger partial charge in [0.1, 0.15) is 11.3 Å².